The van der Waals surface area contributed by atoms with Crippen molar-refractivity contribution in [1.82, 2.24) is 9.78 Å². The number of nitrogens with zero attached hydrogens (tertiary/aromatic N) is 2. The van der Waals surface area contributed by atoms with Crippen LogP contribution in [0.25, 0.3) is 15.8 Å². The van der Waals surface area contributed by atoms with Gasteiger partial charge in [-0.25, -0.2) is 9.48 Å². The van der Waals surface area contributed by atoms with E-state index < -0.39 is 17.7 Å². The first kappa shape index (κ1) is 21.1. The van der Waals surface area contributed by atoms with Gasteiger partial charge in [0, 0.05) is 17.5 Å². The van der Waals surface area contributed by atoms with Crippen LogP contribution in [0.15, 0.2) is 54.7 Å². The van der Waals surface area contributed by atoms with E-state index in [9.17, 15) is 18.0 Å². The van der Waals surface area contributed by atoms with Crippen molar-refractivity contribution in [2.24, 2.45) is 0 Å². The Labute approximate surface area is 180 Å². The number of carbonyl (C=O) groups is 1. The zero-order chi connectivity index (χ0) is 22.2. The van der Waals surface area contributed by atoms with Gasteiger partial charge in [0.1, 0.15) is 5.56 Å². The number of hydrogen-bond acceptors (Lipinski definition) is 4. The number of rotatable bonds is 5. The summed E-state index contributed by atoms with van der Waals surface area (Å²) in [6, 6.07) is 13.1. The molecule has 0 aliphatic carbocycles. The van der Waals surface area contributed by atoms with E-state index in [4.69, 9.17) is 4.74 Å². The fraction of sp³-hybridized carbons (Fsp3) is 0.217. The minimum Gasteiger partial charge on any atom is -0.462 e. The van der Waals surface area contributed by atoms with Crippen molar-refractivity contribution in [2.75, 3.05) is 6.61 Å². The lowest BCUT2D eigenvalue weighted by Gasteiger charge is -2.08. The summed E-state index contributed by atoms with van der Waals surface area (Å²) in [5, 5.41) is 5.43. The monoisotopic (exact) mass is 444 g/mol. The van der Waals surface area contributed by atoms with Crippen molar-refractivity contribution >= 4 is 27.4 Å². The highest BCUT2D eigenvalue weighted by atomic mass is 32.1. The average Bonchev–Trinajstić information content (AvgIpc) is 3.30. The van der Waals surface area contributed by atoms with Crippen molar-refractivity contribution in [3.05, 3.63) is 82.0 Å². The summed E-state index contributed by atoms with van der Waals surface area (Å²) in [4.78, 5) is 13.1. The summed E-state index contributed by atoms with van der Waals surface area (Å²) in [5.74, 6) is -0.421. The van der Waals surface area contributed by atoms with Crippen molar-refractivity contribution in [1.29, 1.82) is 0 Å². The number of halogens is 3. The molecule has 0 fully saturated rings. The Morgan fingerprint density at radius 2 is 1.94 bits per heavy atom. The van der Waals surface area contributed by atoms with Gasteiger partial charge in [-0.05, 0) is 43.0 Å². The van der Waals surface area contributed by atoms with Gasteiger partial charge in [-0.15, -0.1) is 11.3 Å². The van der Waals surface area contributed by atoms with Crippen molar-refractivity contribution in [3.8, 4) is 5.69 Å². The van der Waals surface area contributed by atoms with Crippen LogP contribution in [0.4, 0.5) is 13.2 Å². The number of thiophene rings is 1. The first-order chi connectivity index (χ1) is 14.8. The van der Waals surface area contributed by atoms with Crippen LogP contribution < -0.4 is 0 Å². The third-order valence-corrected chi connectivity index (χ3v) is 6.02. The number of ether oxygens (including phenoxy) is 1. The predicted molar refractivity (Wildman–Crippen MR) is 114 cm³/mol. The standard InChI is InChI=1S/C23H19F3N2O2S/c1-3-30-22(29)19-13-28(27-14(19)2)20-9-5-7-16-12-18(31-21(16)20)11-15-6-4-8-17(10-15)23(24,25)26/h4-10,12-13H,3,11H2,1-2H3. The van der Waals surface area contributed by atoms with Crippen molar-refractivity contribution in [2.45, 2.75) is 26.4 Å². The number of fused-ring (bicyclic) bond motifs is 1. The van der Waals surface area contributed by atoms with Crippen LogP contribution in [0.3, 0.4) is 0 Å². The largest absolute Gasteiger partial charge is 0.462 e. The van der Waals surface area contributed by atoms with E-state index in [0.29, 0.717) is 23.2 Å². The first-order valence-corrected chi connectivity index (χ1v) is 10.5. The smallest absolute Gasteiger partial charge is 0.416 e. The topological polar surface area (TPSA) is 44.1 Å². The molecule has 0 atom stereocenters. The summed E-state index contributed by atoms with van der Waals surface area (Å²) >= 11 is 1.50. The summed E-state index contributed by atoms with van der Waals surface area (Å²) in [7, 11) is 0. The molecule has 0 bridgehead atoms. The second-order valence-corrected chi connectivity index (χ2v) is 8.21. The molecular formula is C23H19F3N2O2S. The third-order valence-electron chi connectivity index (χ3n) is 4.85. The average molecular weight is 444 g/mol. The minimum absolute atomic E-state index is 0.281. The maximum Gasteiger partial charge on any atom is 0.416 e. The fourth-order valence-electron chi connectivity index (χ4n) is 3.42. The van der Waals surface area contributed by atoms with E-state index in [1.165, 1.54) is 23.5 Å². The number of benzene rings is 2. The Bertz CT molecular complexity index is 1260. The minimum atomic E-state index is -4.36. The normalized spacial score (nSPS) is 11.8. The molecular weight excluding hydrogens is 425 g/mol. The SMILES string of the molecule is CCOC(=O)c1cn(-c2cccc3cc(Cc4cccc(C(F)(F)F)c4)sc23)nc1C. The zero-order valence-electron chi connectivity index (χ0n) is 16.9. The molecule has 160 valence electrons. The van der Waals surface area contributed by atoms with Crippen LogP contribution in [0.5, 0.6) is 0 Å². The van der Waals surface area contributed by atoms with Crippen molar-refractivity contribution < 1.29 is 22.7 Å². The molecule has 0 unspecified atom stereocenters. The molecule has 31 heavy (non-hydrogen) atoms. The number of hydrogen-bond donors (Lipinski definition) is 0. The Morgan fingerprint density at radius 3 is 2.68 bits per heavy atom. The number of alkyl halides is 3. The van der Waals surface area contributed by atoms with E-state index in [-0.39, 0.29) is 6.61 Å². The van der Waals surface area contributed by atoms with E-state index in [0.717, 1.165) is 26.7 Å². The summed E-state index contributed by atoms with van der Waals surface area (Å²) < 4.78 is 46.7. The molecule has 0 aliphatic rings. The lowest BCUT2D eigenvalue weighted by molar-refractivity contribution is -0.137. The molecule has 0 aliphatic heterocycles. The highest BCUT2D eigenvalue weighted by Crippen LogP contribution is 2.34. The lowest BCUT2D eigenvalue weighted by atomic mass is 10.1. The molecule has 2 aromatic carbocycles. The maximum atomic E-state index is 13.0. The van der Waals surface area contributed by atoms with Crippen LogP contribution in [0, 0.1) is 6.92 Å². The number of esters is 1. The molecule has 0 amide bonds. The van der Waals surface area contributed by atoms with Crippen molar-refractivity contribution in [3.63, 3.8) is 0 Å². The molecule has 2 aromatic heterocycles. The molecule has 2 heterocycles. The van der Waals surface area contributed by atoms with Gasteiger partial charge in [0.15, 0.2) is 0 Å². The Balaban J connectivity index is 1.69. The Kier molecular flexibility index (Phi) is 5.58. The van der Waals surface area contributed by atoms with E-state index in [1.54, 1.807) is 30.8 Å². The molecule has 0 N–H and O–H groups in total. The van der Waals surface area contributed by atoms with Gasteiger partial charge in [0.05, 0.1) is 28.3 Å². The van der Waals surface area contributed by atoms with Gasteiger partial charge in [-0.1, -0.05) is 30.3 Å². The lowest BCUT2D eigenvalue weighted by Crippen LogP contribution is -2.05. The molecule has 8 heteroatoms. The van der Waals surface area contributed by atoms with Crippen LogP contribution in [-0.2, 0) is 17.3 Å². The first-order valence-electron chi connectivity index (χ1n) is 9.67. The molecule has 0 radical (unpaired) electrons. The summed E-state index contributed by atoms with van der Waals surface area (Å²) in [6.07, 6.45) is -2.32. The number of carbonyl (C=O) groups excluding carboxylic acids is 1. The predicted octanol–water partition coefficient (Wildman–Crippen LogP) is 6.18. The zero-order valence-corrected chi connectivity index (χ0v) is 17.7. The molecule has 4 aromatic rings. The van der Waals surface area contributed by atoms with Gasteiger partial charge in [0.2, 0.25) is 0 Å². The summed E-state index contributed by atoms with van der Waals surface area (Å²) in [6.45, 7) is 3.77. The van der Waals surface area contributed by atoms with Crippen LogP contribution >= 0.6 is 11.3 Å². The van der Waals surface area contributed by atoms with Crippen LogP contribution in [-0.4, -0.2) is 22.4 Å². The van der Waals surface area contributed by atoms with E-state index >= 15 is 0 Å². The molecule has 0 saturated heterocycles. The molecule has 0 saturated carbocycles. The Hall–Kier alpha value is -3.13. The van der Waals surface area contributed by atoms with Gasteiger partial charge in [0.25, 0.3) is 0 Å². The summed E-state index contributed by atoms with van der Waals surface area (Å²) in [5.41, 5.74) is 1.72. The Morgan fingerprint density at radius 1 is 1.16 bits per heavy atom. The van der Waals surface area contributed by atoms with Gasteiger partial charge < -0.3 is 4.74 Å². The quantitative estimate of drug-likeness (QED) is 0.345. The molecule has 4 rings (SSSR count). The van der Waals surface area contributed by atoms with Gasteiger partial charge in [-0.3, -0.25) is 0 Å². The second-order valence-electron chi connectivity index (χ2n) is 7.08. The highest BCUT2D eigenvalue weighted by Gasteiger charge is 2.30. The fourth-order valence-corrected chi connectivity index (χ4v) is 4.62. The van der Waals surface area contributed by atoms with E-state index in [2.05, 4.69) is 5.10 Å². The highest BCUT2D eigenvalue weighted by molar-refractivity contribution is 7.19. The van der Waals surface area contributed by atoms with Gasteiger partial charge in [-0.2, -0.15) is 18.3 Å². The van der Waals surface area contributed by atoms with Gasteiger partial charge >= 0.3 is 12.1 Å². The maximum absolute atomic E-state index is 13.0. The number of aryl methyl sites for hydroxylation is 1. The molecule has 4 nitrogen and oxygen atoms in total. The molecule has 0 spiro atoms. The number of aromatic nitrogens is 2. The van der Waals surface area contributed by atoms with E-state index in [1.807, 2.05) is 24.3 Å². The third kappa shape index (κ3) is 4.34. The second kappa shape index (κ2) is 8.19. The van der Waals surface area contributed by atoms with Crippen LogP contribution in [0.1, 0.15) is 39.0 Å². The van der Waals surface area contributed by atoms with Crippen LogP contribution in [0.2, 0.25) is 0 Å².